The Bertz CT molecular complexity index is 752. The summed E-state index contributed by atoms with van der Waals surface area (Å²) in [7, 11) is 0. The molecule has 1 heterocycles. The van der Waals surface area contributed by atoms with Crippen LogP contribution in [0.25, 0.3) is 0 Å². The number of rotatable bonds is 5. The van der Waals surface area contributed by atoms with Crippen LogP contribution in [0.5, 0.6) is 5.75 Å². The number of ether oxygens (including phenoxy) is 1. The number of nitrogens with zero attached hydrogens (tertiary/aromatic N) is 1. The van der Waals surface area contributed by atoms with Crippen molar-refractivity contribution in [1.29, 1.82) is 0 Å². The molecule has 1 aliphatic heterocycles. The van der Waals surface area contributed by atoms with Crippen LogP contribution in [0.4, 0.5) is 17.1 Å². The molecular weight excluding hydrogens is 314 g/mol. The Kier molecular flexibility index (Phi) is 5.12. The van der Waals surface area contributed by atoms with Gasteiger partial charge in [-0.05, 0) is 63.1 Å². The van der Waals surface area contributed by atoms with E-state index >= 15 is 0 Å². The largest absolute Gasteiger partial charge is 0.491 e. The molecule has 1 saturated heterocycles. The SMILES string of the molecule is CC(C)Oc1cccc(C(=O)Nc2ccc(N3CCCC3)c(N)c2)c1. The molecule has 0 aliphatic carbocycles. The summed E-state index contributed by atoms with van der Waals surface area (Å²) in [5.41, 5.74) is 9.17. The van der Waals surface area contributed by atoms with E-state index in [4.69, 9.17) is 10.5 Å². The maximum Gasteiger partial charge on any atom is 0.255 e. The molecule has 3 rings (SSSR count). The highest BCUT2D eigenvalue weighted by Gasteiger charge is 2.15. The van der Waals surface area contributed by atoms with Crippen LogP contribution in [0.3, 0.4) is 0 Å². The molecule has 1 fully saturated rings. The van der Waals surface area contributed by atoms with Crippen LogP contribution in [0.1, 0.15) is 37.0 Å². The zero-order chi connectivity index (χ0) is 17.8. The molecule has 0 radical (unpaired) electrons. The van der Waals surface area contributed by atoms with Crippen molar-refractivity contribution in [2.75, 3.05) is 29.0 Å². The highest BCUT2D eigenvalue weighted by Crippen LogP contribution is 2.29. The Morgan fingerprint density at radius 2 is 1.92 bits per heavy atom. The Labute approximate surface area is 148 Å². The lowest BCUT2D eigenvalue weighted by atomic mass is 10.2. The van der Waals surface area contributed by atoms with E-state index in [0.717, 1.165) is 18.8 Å². The first-order chi connectivity index (χ1) is 12.0. The molecule has 25 heavy (non-hydrogen) atoms. The average molecular weight is 339 g/mol. The number of anilines is 3. The summed E-state index contributed by atoms with van der Waals surface area (Å²) >= 11 is 0. The van der Waals surface area contributed by atoms with Gasteiger partial charge in [-0.15, -0.1) is 0 Å². The number of hydrogen-bond acceptors (Lipinski definition) is 4. The zero-order valence-corrected chi connectivity index (χ0v) is 14.8. The maximum atomic E-state index is 12.5. The summed E-state index contributed by atoms with van der Waals surface area (Å²) < 4.78 is 5.64. The van der Waals surface area contributed by atoms with Gasteiger partial charge in [-0.3, -0.25) is 4.79 Å². The van der Waals surface area contributed by atoms with Gasteiger partial charge in [0.1, 0.15) is 5.75 Å². The van der Waals surface area contributed by atoms with E-state index in [-0.39, 0.29) is 12.0 Å². The minimum atomic E-state index is -0.178. The fourth-order valence-corrected chi connectivity index (χ4v) is 3.06. The number of nitrogen functional groups attached to an aromatic ring is 1. The standard InChI is InChI=1S/C20H25N3O2/c1-14(2)25-17-7-5-6-15(12-17)20(24)22-16-8-9-19(18(21)13-16)23-10-3-4-11-23/h5-9,12-14H,3-4,10-11,21H2,1-2H3,(H,22,24). The fourth-order valence-electron chi connectivity index (χ4n) is 3.06. The molecule has 0 aromatic heterocycles. The summed E-state index contributed by atoms with van der Waals surface area (Å²) in [6.45, 7) is 5.99. The average Bonchev–Trinajstić information content (AvgIpc) is 3.09. The maximum absolute atomic E-state index is 12.5. The molecular formula is C20H25N3O2. The van der Waals surface area contributed by atoms with E-state index in [1.165, 1.54) is 12.8 Å². The van der Waals surface area contributed by atoms with Gasteiger partial charge in [0.2, 0.25) is 0 Å². The molecule has 5 nitrogen and oxygen atoms in total. The third-order valence-corrected chi connectivity index (χ3v) is 4.20. The van der Waals surface area contributed by atoms with Crippen LogP contribution in [0, 0.1) is 0 Å². The second kappa shape index (κ2) is 7.47. The van der Waals surface area contributed by atoms with Crippen LogP contribution in [0.2, 0.25) is 0 Å². The number of nitrogens with two attached hydrogens (primary N) is 1. The van der Waals surface area contributed by atoms with Gasteiger partial charge in [0, 0.05) is 24.3 Å². The van der Waals surface area contributed by atoms with Gasteiger partial charge < -0.3 is 20.7 Å². The van der Waals surface area contributed by atoms with Crippen LogP contribution in [0.15, 0.2) is 42.5 Å². The first kappa shape index (κ1) is 17.1. The van der Waals surface area contributed by atoms with Crippen molar-refractivity contribution in [3.63, 3.8) is 0 Å². The minimum absolute atomic E-state index is 0.0660. The number of benzene rings is 2. The summed E-state index contributed by atoms with van der Waals surface area (Å²) in [4.78, 5) is 14.8. The Morgan fingerprint density at radius 1 is 1.16 bits per heavy atom. The third-order valence-electron chi connectivity index (χ3n) is 4.20. The molecule has 5 heteroatoms. The van der Waals surface area contributed by atoms with Gasteiger partial charge in [0.05, 0.1) is 17.5 Å². The first-order valence-electron chi connectivity index (χ1n) is 8.75. The van der Waals surface area contributed by atoms with E-state index in [9.17, 15) is 4.79 Å². The lowest BCUT2D eigenvalue weighted by Gasteiger charge is -2.20. The molecule has 2 aromatic carbocycles. The molecule has 3 N–H and O–H groups in total. The summed E-state index contributed by atoms with van der Waals surface area (Å²) in [5.74, 6) is 0.508. The highest BCUT2D eigenvalue weighted by molar-refractivity contribution is 6.04. The van der Waals surface area contributed by atoms with Crippen molar-refractivity contribution in [2.45, 2.75) is 32.8 Å². The van der Waals surface area contributed by atoms with E-state index in [0.29, 0.717) is 22.7 Å². The lowest BCUT2D eigenvalue weighted by Crippen LogP contribution is -2.19. The molecule has 0 bridgehead atoms. The van der Waals surface area contributed by atoms with Gasteiger partial charge in [-0.25, -0.2) is 0 Å². The number of carbonyl (C=O) groups excluding carboxylic acids is 1. The van der Waals surface area contributed by atoms with Gasteiger partial charge >= 0.3 is 0 Å². The molecule has 132 valence electrons. The van der Waals surface area contributed by atoms with E-state index in [2.05, 4.69) is 10.2 Å². The van der Waals surface area contributed by atoms with Crippen LogP contribution < -0.4 is 20.7 Å². The molecule has 0 spiro atoms. The second-order valence-corrected chi connectivity index (χ2v) is 6.62. The first-order valence-corrected chi connectivity index (χ1v) is 8.75. The second-order valence-electron chi connectivity index (χ2n) is 6.62. The summed E-state index contributed by atoms with van der Waals surface area (Å²) in [6.07, 6.45) is 2.47. The summed E-state index contributed by atoms with van der Waals surface area (Å²) in [6, 6.07) is 12.9. The van der Waals surface area contributed by atoms with Crippen molar-refractivity contribution < 1.29 is 9.53 Å². The zero-order valence-electron chi connectivity index (χ0n) is 14.8. The van der Waals surface area contributed by atoms with Crippen molar-refractivity contribution in [2.24, 2.45) is 0 Å². The smallest absolute Gasteiger partial charge is 0.255 e. The number of hydrogen-bond donors (Lipinski definition) is 2. The van der Waals surface area contributed by atoms with Gasteiger partial charge in [-0.2, -0.15) is 0 Å². The Morgan fingerprint density at radius 3 is 2.60 bits per heavy atom. The van der Waals surface area contributed by atoms with Gasteiger partial charge in [0.15, 0.2) is 0 Å². The van der Waals surface area contributed by atoms with Crippen LogP contribution in [-0.4, -0.2) is 25.1 Å². The predicted octanol–water partition coefficient (Wildman–Crippen LogP) is 3.91. The fraction of sp³-hybridized carbons (Fsp3) is 0.350. The van der Waals surface area contributed by atoms with Crippen LogP contribution >= 0.6 is 0 Å². The molecule has 1 amide bonds. The van der Waals surface area contributed by atoms with E-state index < -0.39 is 0 Å². The minimum Gasteiger partial charge on any atom is -0.491 e. The quantitative estimate of drug-likeness (QED) is 0.811. The van der Waals surface area contributed by atoms with Gasteiger partial charge in [0.25, 0.3) is 5.91 Å². The summed E-state index contributed by atoms with van der Waals surface area (Å²) in [5, 5.41) is 2.90. The molecule has 0 saturated carbocycles. The van der Waals surface area contributed by atoms with Crippen molar-refractivity contribution in [1.82, 2.24) is 0 Å². The van der Waals surface area contributed by atoms with Crippen molar-refractivity contribution in [3.8, 4) is 5.75 Å². The molecule has 0 atom stereocenters. The van der Waals surface area contributed by atoms with Crippen molar-refractivity contribution in [3.05, 3.63) is 48.0 Å². The highest BCUT2D eigenvalue weighted by atomic mass is 16.5. The Hall–Kier alpha value is -2.69. The van der Waals surface area contributed by atoms with Crippen molar-refractivity contribution >= 4 is 23.0 Å². The van der Waals surface area contributed by atoms with Gasteiger partial charge in [-0.1, -0.05) is 6.07 Å². The molecule has 1 aliphatic rings. The number of amides is 1. The van der Waals surface area contributed by atoms with E-state index in [1.807, 2.05) is 44.2 Å². The predicted molar refractivity (Wildman–Crippen MR) is 102 cm³/mol. The lowest BCUT2D eigenvalue weighted by molar-refractivity contribution is 0.102. The normalized spacial score (nSPS) is 14.0. The number of nitrogens with one attached hydrogen (secondary N) is 1. The monoisotopic (exact) mass is 339 g/mol. The molecule has 2 aromatic rings. The molecule has 0 unspecified atom stereocenters. The Balaban J connectivity index is 1.71. The van der Waals surface area contributed by atoms with Crippen LogP contribution in [-0.2, 0) is 0 Å². The third kappa shape index (κ3) is 4.24. The van der Waals surface area contributed by atoms with E-state index in [1.54, 1.807) is 12.1 Å². The number of carbonyl (C=O) groups is 1. The topological polar surface area (TPSA) is 67.6 Å².